The molecule has 0 saturated carbocycles. The van der Waals surface area contributed by atoms with E-state index >= 15 is 0 Å². The van der Waals surface area contributed by atoms with Crippen molar-refractivity contribution in [2.24, 2.45) is 5.92 Å². The standard InChI is InChI=1S/C18H28ClNO3/c1-4-7-20-8-6-16(21)14(12-20)9-13-10-15(19)18(23-5-2)17(11-13)22-3/h10-11,14,16,21H,4-9,12H2,1-3H3. The molecule has 5 heteroatoms. The van der Waals surface area contributed by atoms with Gasteiger partial charge in [-0.05, 0) is 50.4 Å². The van der Waals surface area contributed by atoms with Crippen LogP contribution in [0.1, 0.15) is 32.3 Å². The van der Waals surface area contributed by atoms with E-state index in [1.165, 1.54) is 0 Å². The van der Waals surface area contributed by atoms with Gasteiger partial charge >= 0.3 is 0 Å². The van der Waals surface area contributed by atoms with Crippen LogP contribution in [0.3, 0.4) is 0 Å². The molecule has 0 spiro atoms. The minimum Gasteiger partial charge on any atom is -0.493 e. The fourth-order valence-electron chi connectivity index (χ4n) is 3.29. The Bertz CT molecular complexity index is 509. The van der Waals surface area contributed by atoms with E-state index in [1.807, 2.05) is 19.1 Å². The van der Waals surface area contributed by atoms with Crippen molar-refractivity contribution in [3.63, 3.8) is 0 Å². The molecule has 1 aliphatic rings. The lowest BCUT2D eigenvalue weighted by Crippen LogP contribution is -2.44. The zero-order valence-corrected chi connectivity index (χ0v) is 15.1. The normalized spacial score (nSPS) is 22.1. The fourth-order valence-corrected chi connectivity index (χ4v) is 3.58. The smallest absolute Gasteiger partial charge is 0.179 e. The number of rotatable bonds is 7. The second-order valence-corrected chi connectivity index (χ2v) is 6.57. The first-order valence-electron chi connectivity index (χ1n) is 8.48. The molecule has 1 aromatic carbocycles. The molecule has 1 fully saturated rings. The molecule has 1 heterocycles. The number of ether oxygens (including phenoxy) is 2. The van der Waals surface area contributed by atoms with E-state index in [4.69, 9.17) is 21.1 Å². The molecule has 1 saturated heterocycles. The van der Waals surface area contributed by atoms with Crippen LogP contribution in [-0.4, -0.2) is 49.5 Å². The summed E-state index contributed by atoms with van der Waals surface area (Å²) in [5.41, 5.74) is 1.08. The maximum Gasteiger partial charge on any atom is 0.179 e. The molecule has 23 heavy (non-hydrogen) atoms. The highest BCUT2D eigenvalue weighted by Crippen LogP contribution is 2.37. The van der Waals surface area contributed by atoms with Crippen molar-refractivity contribution in [3.05, 3.63) is 22.7 Å². The number of hydrogen-bond donors (Lipinski definition) is 1. The van der Waals surface area contributed by atoms with E-state index in [2.05, 4.69) is 11.8 Å². The van der Waals surface area contributed by atoms with Gasteiger partial charge in [0.2, 0.25) is 0 Å². The van der Waals surface area contributed by atoms with Crippen LogP contribution in [0.2, 0.25) is 5.02 Å². The quantitative estimate of drug-likeness (QED) is 0.825. The van der Waals surface area contributed by atoms with Gasteiger partial charge in [-0.25, -0.2) is 0 Å². The maximum atomic E-state index is 10.3. The van der Waals surface area contributed by atoms with Gasteiger partial charge in [-0.1, -0.05) is 18.5 Å². The van der Waals surface area contributed by atoms with Crippen molar-refractivity contribution in [3.8, 4) is 11.5 Å². The molecule has 0 radical (unpaired) electrons. The second kappa shape index (κ2) is 8.76. The number of hydrogen-bond acceptors (Lipinski definition) is 4. The molecule has 0 aromatic heterocycles. The molecule has 2 rings (SSSR count). The first-order chi connectivity index (χ1) is 11.1. The van der Waals surface area contributed by atoms with Gasteiger partial charge in [-0.15, -0.1) is 0 Å². The first kappa shape index (κ1) is 18.4. The van der Waals surface area contributed by atoms with Crippen molar-refractivity contribution in [1.29, 1.82) is 0 Å². The van der Waals surface area contributed by atoms with Crippen LogP contribution >= 0.6 is 11.6 Å². The average molecular weight is 342 g/mol. The highest BCUT2D eigenvalue weighted by Gasteiger charge is 2.28. The summed E-state index contributed by atoms with van der Waals surface area (Å²) in [6, 6.07) is 3.91. The highest BCUT2D eigenvalue weighted by molar-refractivity contribution is 6.32. The summed E-state index contributed by atoms with van der Waals surface area (Å²) in [6.07, 6.45) is 2.53. The van der Waals surface area contributed by atoms with E-state index in [9.17, 15) is 5.11 Å². The largest absolute Gasteiger partial charge is 0.493 e. The van der Waals surface area contributed by atoms with Gasteiger partial charge in [-0.2, -0.15) is 0 Å². The second-order valence-electron chi connectivity index (χ2n) is 6.16. The van der Waals surface area contributed by atoms with Crippen LogP contribution in [0.15, 0.2) is 12.1 Å². The molecule has 2 unspecified atom stereocenters. The predicted molar refractivity (Wildman–Crippen MR) is 93.7 cm³/mol. The van der Waals surface area contributed by atoms with Gasteiger partial charge < -0.3 is 19.5 Å². The topological polar surface area (TPSA) is 41.9 Å². The van der Waals surface area contributed by atoms with Crippen LogP contribution < -0.4 is 9.47 Å². The lowest BCUT2D eigenvalue weighted by atomic mass is 9.88. The van der Waals surface area contributed by atoms with Gasteiger partial charge in [0.25, 0.3) is 0 Å². The molecule has 130 valence electrons. The van der Waals surface area contributed by atoms with Crippen LogP contribution in [0.4, 0.5) is 0 Å². The average Bonchev–Trinajstić information content (AvgIpc) is 2.53. The molecule has 2 atom stereocenters. The van der Waals surface area contributed by atoms with Crippen LogP contribution in [0.5, 0.6) is 11.5 Å². The van der Waals surface area contributed by atoms with E-state index in [1.54, 1.807) is 7.11 Å². The van der Waals surface area contributed by atoms with Crippen molar-refractivity contribution in [2.75, 3.05) is 33.4 Å². The minimum atomic E-state index is -0.251. The van der Waals surface area contributed by atoms with E-state index in [0.717, 1.165) is 44.5 Å². The van der Waals surface area contributed by atoms with Gasteiger partial charge in [0.1, 0.15) is 0 Å². The minimum absolute atomic E-state index is 0.231. The Balaban J connectivity index is 2.13. The van der Waals surface area contributed by atoms with Crippen molar-refractivity contribution in [1.82, 2.24) is 4.90 Å². The molecule has 1 aliphatic heterocycles. The number of benzene rings is 1. The Morgan fingerprint density at radius 2 is 2.13 bits per heavy atom. The van der Waals surface area contributed by atoms with E-state index in [-0.39, 0.29) is 12.0 Å². The summed E-state index contributed by atoms with van der Waals surface area (Å²) in [6.45, 7) is 7.67. The summed E-state index contributed by atoms with van der Waals surface area (Å²) >= 11 is 6.35. The molecule has 1 aromatic rings. The number of nitrogens with zero attached hydrogens (tertiary/aromatic N) is 1. The number of aliphatic hydroxyl groups excluding tert-OH is 1. The van der Waals surface area contributed by atoms with Crippen LogP contribution in [0, 0.1) is 5.92 Å². The number of aliphatic hydroxyl groups is 1. The summed E-state index contributed by atoms with van der Waals surface area (Å²) in [7, 11) is 1.62. The summed E-state index contributed by atoms with van der Waals surface area (Å²) in [4.78, 5) is 2.44. The lowest BCUT2D eigenvalue weighted by molar-refractivity contribution is 0.0270. The number of likely N-dealkylation sites (tertiary alicyclic amines) is 1. The molecular formula is C18H28ClNO3. The Labute approximate surface area is 144 Å². The lowest BCUT2D eigenvalue weighted by Gasteiger charge is -2.36. The van der Waals surface area contributed by atoms with E-state index in [0.29, 0.717) is 23.1 Å². The monoisotopic (exact) mass is 341 g/mol. The third-order valence-electron chi connectivity index (χ3n) is 4.39. The number of halogens is 1. The zero-order valence-electron chi connectivity index (χ0n) is 14.3. The van der Waals surface area contributed by atoms with Crippen molar-refractivity contribution >= 4 is 11.6 Å². The first-order valence-corrected chi connectivity index (χ1v) is 8.86. The summed E-state index contributed by atoms with van der Waals surface area (Å²) in [5.74, 6) is 1.48. The molecule has 1 N–H and O–H groups in total. The fraction of sp³-hybridized carbons (Fsp3) is 0.667. The van der Waals surface area contributed by atoms with Crippen molar-refractivity contribution < 1.29 is 14.6 Å². The third kappa shape index (κ3) is 4.75. The Kier molecular flexibility index (Phi) is 7.00. The molecule has 0 bridgehead atoms. The maximum absolute atomic E-state index is 10.3. The SMILES string of the molecule is CCCN1CCC(O)C(Cc2cc(Cl)c(OCC)c(OC)c2)C1. The van der Waals surface area contributed by atoms with Crippen LogP contribution in [0.25, 0.3) is 0 Å². The van der Waals surface area contributed by atoms with E-state index < -0.39 is 0 Å². The number of piperidine rings is 1. The molecule has 0 aliphatic carbocycles. The van der Waals surface area contributed by atoms with Crippen molar-refractivity contribution in [2.45, 2.75) is 39.2 Å². The summed E-state index contributed by atoms with van der Waals surface area (Å²) < 4.78 is 11.0. The highest BCUT2D eigenvalue weighted by atomic mass is 35.5. The van der Waals surface area contributed by atoms with Crippen LogP contribution in [-0.2, 0) is 6.42 Å². The molecular weight excluding hydrogens is 314 g/mol. The third-order valence-corrected chi connectivity index (χ3v) is 4.67. The Morgan fingerprint density at radius 3 is 2.78 bits per heavy atom. The molecule has 4 nitrogen and oxygen atoms in total. The molecule has 0 amide bonds. The van der Waals surface area contributed by atoms with Gasteiger partial charge in [0.05, 0.1) is 24.8 Å². The Hall–Kier alpha value is -0.970. The van der Waals surface area contributed by atoms with Gasteiger partial charge in [0.15, 0.2) is 11.5 Å². The predicted octanol–water partition coefficient (Wildman–Crippen LogP) is 3.38. The summed E-state index contributed by atoms with van der Waals surface area (Å²) in [5, 5.41) is 10.9. The zero-order chi connectivity index (χ0) is 16.8. The van der Waals surface area contributed by atoms with Gasteiger partial charge in [-0.3, -0.25) is 0 Å². The number of methoxy groups -OCH3 is 1. The Morgan fingerprint density at radius 1 is 1.35 bits per heavy atom. The van der Waals surface area contributed by atoms with Gasteiger partial charge in [0, 0.05) is 19.0 Å².